The number of hydrogen-bond acceptors (Lipinski definition) is 6. The van der Waals surface area contributed by atoms with E-state index in [9.17, 15) is 5.11 Å². The van der Waals surface area contributed by atoms with Crippen LogP contribution in [0.15, 0.2) is 17.5 Å². The van der Waals surface area contributed by atoms with Crippen LogP contribution in [0.25, 0.3) is 11.0 Å². The summed E-state index contributed by atoms with van der Waals surface area (Å²) in [6.45, 7) is 11.4. The normalized spacial score (nSPS) is 23.0. The Bertz CT molecular complexity index is 925. The third-order valence-electron chi connectivity index (χ3n) is 5.88. The predicted octanol–water partition coefficient (Wildman–Crippen LogP) is 3.93. The van der Waals surface area contributed by atoms with E-state index < -0.39 is 14.4 Å². The predicted molar refractivity (Wildman–Crippen MR) is 130 cm³/mol. The number of aliphatic hydroxyl groups is 1. The molecule has 0 bridgehead atoms. The lowest BCUT2D eigenvalue weighted by atomic mass is 10.2. The second-order valence-electron chi connectivity index (χ2n) is 9.49. The Hall–Kier alpha value is -1.08. The molecule has 0 amide bonds. The molecule has 166 valence electrons. The van der Waals surface area contributed by atoms with Crippen molar-refractivity contribution in [2.24, 2.45) is 4.99 Å². The molecular weight excluding hydrogens is 513 g/mol. The molecular formula is C20H32IN5O3Si. The van der Waals surface area contributed by atoms with Gasteiger partial charge in [0.1, 0.15) is 24.3 Å². The van der Waals surface area contributed by atoms with Crippen LogP contribution in [0.1, 0.15) is 33.4 Å². The SMILES string of the molecule is CN(C)C=Nc1ncnc2c1c(I)cn2[C@H]1CC(O)[C@@H](CO[Si](C)(C)C(C)(C)C)O1. The Labute approximate surface area is 193 Å². The first-order valence-corrected chi connectivity index (χ1v) is 14.1. The quantitative estimate of drug-likeness (QED) is 0.256. The van der Waals surface area contributed by atoms with Crippen LogP contribution in [-0.2, 0) is 9.16 Å². The summed E-state index contributed by atoms with van der Waals surface area (Å²) in [5.41, 5.74) is 0.753. The summed E-state index contributed by atoms with van der Waals surface area (Å²) in [5.74, 6) is 0.619. The number of aromatic nitrogens is 3. The summed E-state index contributed by atoms with van der Waals surface area (Å²) in [7, 11) is 1.92. The third-order valence-corrected chi connectivity index (χ3v) is 11.2. The van der Waals surface area contributed by atoms with Gasteiger partial charge in [0.15, 0.2) is 14.1 Å². The summed E-state index contributed by atoms with van der Waals surface area (Å²) < 4.78 is 15.5. The Kier molecular flexibility index (Phi) is 6.92. The van der Waals surface area contributed by atoms with E-state index >= 15 is 0 Å². The van der Waals surface area contributed by atoms with E-state index in [1.54, 1.807) is 6.34 Å². The Balaban J connectivity index is 1.81. The summed E-state index contributed by atoms with van der Waals surface area (Å²) >= 11 is 2.27. The molecule has 0 aliphatic carbocycles. The molecule has 1 unspecified atom stereocenters. The van der Waals surface area contributed by atoms with Crippen LogP contribution in [-0.4, -0.2) is 72.1 Å². The smallest absolute Gasteiger partial charge is 0.192 e. The molecule has 1 fully saturated rings. The van der Waals surface area contributed by atoms with Crippen LogP contribution in [0, 0.1) is 3.57 Å². The molecule has 2 aromatic rings. The largest absolute Gasteiger partial charge is 0.414 e. The van der Waals surface area contributed by atoms with Gasteiger partial charge in [-0.2, -0.15) is 0 Å². The van der Waals surface area contributed by atoms with Crippen molar-refractivity contribution in [3.05, 3.63) is 16.1 Å². The lowest BCUT2D eigenvalue weighted by Crippen LogP contribution is -2.43. The monoisotopic (exact) mass is 545 g/mol. The van der Waals surface area contributed by atoms with Crippen molar-refractivity contribution in [3.63, 3.8) is 0 Å². The van der Waals surface area contributed by atoms with Crippen LogP contribution in [0.4, 0.5) is 5.82 Å². The molecule has 0 spiro atoms. The highest BCUT2D eigenvalue weighted by Crippen LogP contribution is 2.39. The van der Waals surface area contributed by atoms with Crippen LogP contribution < -0.4 is 0 Å². The van der Waals surface area contributed by atoms with Gasteiger partial charge < -0.3 is 23.7 Å². The molecule has 30 heavy (non-hydrogen) atoms. The fraction of sp³-hybridized carbons (Fsp3) is 0.650. The molecule has 1 N–H and O–H groups in total. The lowest BCUT2D eigenvalue weighted by molar-refractivity contribution is -0.0403. The van der Waals surface area contributed by atoms with Crippen molar-refractivity contribution >= 4 is 54.1 Å². The molecule has 10 heteroatoms. The topological polar surface area (TPSA) is 85.0 Å². The number of ether oxygens (including phenoxy) is 1. The summed E-state index contributed by atoms with van der Waals surface area (Å²) in [5, 5.41) is 11.6. The van der Waals surface area contributed by atoms with Crippen molar-refractivity contribution in [3.8, 4) is 0 Å². The highest BCUT2D eigenvalue weighted by atomic mass is 127. The summed E-state index contributed by atoms with van der Waals surface area (Å²) in [6.07, 6.45) is 4.48. The highest BCUT2D eigenvalue weighted by Gasteiger charge is 2.41. The molecule has 0 aromatic carbocycles. The first kappa shape index (κ1) is 23.6. The van der Waals surface area contributed by atoms with E-state index in [-0.39, 0.29) is 17.4 Å². The number of aliphatic imine (C=N–C) groups is 1. The molecule has 8 nitrogen and oxygen atoms in total. The van der Waals surface area contributed by atoms with Gasteiger partial charge in [0.05, 0.1) is 24.4 Å². The maximum absolute atomic E-state index is 10.6. The number of fused-ring (bicyclic) bond motifs is 1. The highest BCUT2D eigenvalue weighted by molar-refractivity contribution is 14.1. The van der Waals surface area contributed by atoms with E-state index in [1.165, 1.54) is 6.33 Å². The van der Waals surface area contributed by atoms with Crippen LogP contribution in [0.2, 0.25) is 18.1 Å². The van der Waals surface area contributed by atoms with Crippen molar-refractivity contribution < 1.29 is 14.3 Å². The summed E-state index contributed by atoms with van der Waals surface area (Å²) in [4.78, 5) is 15.1. The Morgan fingerprint density at radius 3 is 2.73 bits per heavy atom. The first-order chi connectivity index (χ1) is 13.9. The zero-order chi connectivity index (χ0) is 22.3. The van der Waals surface area contributed by atoms with E-state index in [1.807, 2.05) is 29.8 Å². The van der Waals surface area contributed by atoms with Crippen LogP contribution >= 0.6 is 22.6 Å². The van der Waals surface area contributed by atoms with E-state index in [2.05, 4.69) is 71.4 Å². The minimum absolute atomic E-state index is 0.114. The molecule has 3 atom stereocenters. The van der Waals surface area contributed by atoms with E-state index in [4.69, 9.17) is 9.16 Å². The maximum atomic E-state index is 10.6. The van der Waals surface area contributed by atoms with Gasteiger partial charge >= 0.3 is 0 Å². The van der Waals surface area contributed by atoms with Gasteiger partial charge in [0.2, 0.25) is 0 Å². The minimum Gasteiger partial charge on any atom is -0.414 e. The Morgan fingerprint density at radius 2 is 2.10 bits per heavy atom. The van der Waals surface area contributed by atoms with Gasteiger partial charge in [-0.25, -0.2) is 15.0 Å². The minimum atomic E-state index is -1.91. The second-order valence-corrected chi connectivity index (χ2v) is 15.5. The molecule has 2 aromatic heterocycles. The zero-order valence-electron chi connectivity index (χ0n) is 18.8. The van der Waals surface area contributed by atoms with E-state index in [0.717, 1.165) is 14.6 Å². The number of aliphatic hydroxyl groups excluding tert-OH is 1. The van der Waals surface area contributed by atoms with Gasteiger partial charge in [-0.05, 0) is 40.7 Å². The standard InChI is InChI=1S/C20H32IN5O3Si/c1-20(2,3)30(6,7)28-10-15-14(27)8-16(29-15)26-9-13(21)17-18(24-12-25(4)5)22-11-23-19(17)26/h9,11-12,14-16,27H,8,10H2,1-7H3/t14?,15-,16-/m1/s1. The first-order valence-electron chi connectivity index (χ1n) is 10.1. The Morgan fingerprint density at radius 1 is 1.40 bits per heavy atom. The van der Waals surface area contributed by atoms with Gasteiger partial charge in [0.25, 0.3) is 0 Å². The van der Waals surface area contributed by atoms with Crippen molar-refractivity contribution in [2.45, 2.75) is 63.8 Å². The van der Waals surface area contributed by atoms with Gasteiger partial charge in [-0.3, -0.25) is 0 Å². The average molecular weight is 545 g/mol. The van der Waals surface area contributed by atoms with Gasteiger partial charge in [-0.1, -0.05) is 20.8 Å². The number of nitrogens with zero attached hydrogens (tertiary/aromatic N) is 5. The maximum Gasteiger partial charge on any atom is 0.192 e. The van der Waals surface area contributed by atoms with Gasteiger partial charge in [-0.15, -0.1) is 0 Å². The fourth-order valence-electron chi connectivity index (χ4n) is 3.05. The van der Waals surface area contributed by atoms with Crippen LogP contribution in [0.5, 0.6) is 0 Å². The number of halogens is 1. The number of hydrogen-bond donors (Lipinski definition) is 1. The molecule has 3 heterocycles. The number of rotatable bonds is 6. The lowest BCUT2D eigenvalue weighted by Gasteiger charge is -2.37. The average Bonchev–Trinajstić information content (AvgIpc) is 3.17. The molecule has 0 radical (unpaired) electrons. The van der Waals surface area contributed by atoms with Crippen molar-refractivity contribution in [2.75, 3.05) is 20.7 Å². The van der Waals surface area contributed by atoms with Crippen molar-refractivity contribution in [1.29, 1.82) is 0 Å². The zero-order valence-corrected chi connectivity index (χ0v) is 21.9. The molecule has 3 rings (SSSR count). The fourth-order valence-corrected chi connectivity index (χ4v) is 4.85. The van der Waals surface area contributed by atoms with Gasteiger partial charge in [0, 0.05) is 30.3 Å². The second kappa shape index (κ2) is 8.81. The molecule has 1 aliphatic heterocycles. The third kappa shape index (κ3) is 4.87. The molecule has 0 saturated carbocycles. The molecule has 1 saturated heterocycles. The summed E-state index contributed by atoms with van der Waals surface area (Å²) in [6, 6.07) is 0. The van der Waals surface area contributed by atoms with Crippen LogP contribution in [0.3, 0.4) is 0 Å². The van der Waals surface area contributed by atoms with Crippen molar-refractivity contribution in [1.82, 2.24) is 19.4 Å². The molecule has 1 aliphatic rings. The van der Waals surface area contributed by atoms with E-state index in [0.29, 0.717) is 18.8 Å².